The van der Waals surface area contributed by atoms with Gasteiger partial charge in [-0.05, 0) is 25.3 Å². The maximum Gasteiger partial charge on any atom is 0.303 e. The first-order chi connectivity index (χ1) is 10.0. The lowest BCUT2D eigenvalue weighted by Crippen LogP contribution is -2.46. The summed E-state index contributed by atoms with van der Waals surface area (Å²) in [4.78, 5) is 33.6. The van der Waals surface area contributed by atoms with Gasteiger partial charge in [0, 0.05) is 13.0 Å². The molecule has 0 aromatic rings. The summed E-state index contributed by atoms with van der Waals surface area (Å²) in [7, 11) is 0. The number of aliphatic carboxylic acids is 1. The summed E-state index contributed by atoms with van der Waals surface area (Å²) in [5.74, 6) is -1.35. The summed E-state index contributed by atoms with van der Waals surface area (Å²) in [5.41, 5.74) is 0. The Morgan fingerprint density at radius 3 is 2.48 bits per heavy atom. The molecule has 6 heteroatoms. The minimum absolute atomic E-state index is 0.155. The molecule has 3 N–H and O–H groups in total. The van der Waals surface area contributed by atoms with E-state index in [4.69, 9.17) is 5.11 Å². The van der Waals surface area contributed by atoms with E-state index in [0.717, 1.165) is 31.8 Å². The first kappa shape index (κ1) is 19.1. The molecular weight excluding hydrogens is 272 g/mol. The average Bonchev–Trinajstić information content (AvgIpc) is 2.46. The van der Waals surface area contributed by atoms with Crippen LogP contribution in [0.3, 0.4) is 0 Å². The van der Waals surface area contributed by atoms with Crippen LogP contribution in [0.25, 0.3) is 0 Å². The smallest absolute Gasteiger partial charge is 0.303 e. The second kappa shape index (κ2) is 11.9. The lowest BCUT2D eigenvalue weighted by atomic mass is 10.1. The van der Waals surface area contributed by atoms with Crippen LogP contribution in [0.5, 0.6) is 0 Å². The van der Waals surface area contributed by atoms with Crippen molar-refractivity contribution in [2.75, 3.05) is 6.54 Å². The molecule has 0 heterocycles. The predicted octanol–water partition coefficient (Wildman–Crippen LogP) is 1.61. The normalized spacial score (nSPS) is 11.5. The number of carbonyl (C=O) groups excluding carboxylic acids is 2. The first-order valence-electron chi connectivity index (χ1n) is 7.43. The summed E-state index contributed by atoms with van der Waals surface area (Å²) < 4.78 is 0. The highest BCUT2D eigenvalue weighted by Crippen LogP contribution is 2.02. The maximum atomic E-state index is 12.0. The van der Waals surface area contributed by atoms with E-state index in [9.17, 15) is 14.4 Å². The number of nitrogens with one attached hydrogen (secondary N) is 2. The zero-order chi connectivity index (χ0) is 16.1. The van der Waals surface area contributed by atoms with Gasteiger partial charge < -0.3 is 15.7 Å². The maximum absolute atomic E-state index is 12.0. The molecule has 1 unspecified atom stereocenters. The molecule has 2 amide bonds. The van der Waals surface area contributed by atoms with Crippen molar-refractivity contribution >= 4 is 17.8 Å². The van der Waals surface area contributed by atoms with E-state index in [-0.39, 0.29) is 18.2 Å². The van der Waals surface area contributed by atoms with Gasteiger partial charge in [0.25, 0.3) is 0 Å². The summed E-state index contributed by atoms with van der Waals surface area (Å²) in [6.07, 6.45) is 5.80. The Balaban J connectivity index is 4.00. The number of carboxylic acids is 1. The molecule has 0 aliphatic heterocycles. The van der Waals surface area contributed by atoms with Crippen LogP contribution < -0.4 is 10.6 Å². The molecular formula is C15H26N2O4. The number of unbranched alkanes of at least 4 members (excludes halogenated alkanes) is 3. The molecule has 21 heavy (non-hydrogen) atoms. The Kier molecular flexibility index (Phi) is 10.9. The molecule has 0 radical (unpaired) electrons. The quantitative estimate of drug-likeness (QED) is 0.377. The third-order valence-corrected chi connectivity index (χ3v) is 3.03. The summed E-state index contributed by atoms with van der Waals surface area (Å²) in [6, 6.07) is -0.533. The second-order valence-corrected chi connectivity index (χ2v) is 4.90. The predicted molar refractivity (Wildman–Crippen MR) is 80.8 cm³/mol. The number of carboxylic acid groups (broad SMARTS) is 1. The highest BCUT2D eigenvalue weighted by Gasteiger charge is 2.18. The molecule has 0 aromatic carbocycles. The summed E-state index contributed by atoms with van der Waals surface area (Å²) >= 11 is 0. The number of carbonyl (C=O) groups is 3. The third kappa shape index (κ3) is 10.6. The lowest BCUT2D eigenvalue weighted by Gasteiger charge is -2.17. The summed E-state index contributed by atoms with van der Waals surface area (Å²) in [6.45, 7) is 5.88. The minimum atomic E-state index is -0.800. The van der Waals surface area contributed by atoms with Gasteiger partial charge in [-0.15, -0.1) is 0 Å². The van der Waals surface area contributed by atoms with E-state index in [2.05, 4.69) is 17.2 Å². The van der Waals surface area contributed by atoms with Crippen LogP contribution in [-0.2, 0) is 14.4 Å². The van der Waals surface area contributed by atoms with Crippen LogP contribution in [0.15, 0.2) is 12.7 Å². The van der Waals surface area contributed by atoms with Crippen molar-refractivity contribution in [3.8, 4) is 0 Å². The zero-order valence-corrected chi connectivity index (χ0v) is 12.7. The van der Waals surface area contributed by atoms with Crippen molar-refractivity contribution in [1.82, 2.24) is 10.6 Å². The van der Waals surface area contributed by atoms with E-state index in [1.165, 1.54) is 0 Å². The van der Waals surface area contributed by atoms with Crippen molar-refractivity contribution in [3.63, 3.8) is 0 Å². The van der Waals surface area contributed by atoms with Crippen molar-refractivity contribution < 1.29 is 19.5 Å². The van der Waals surface area contributed by atoms with Crippen molar-refractivity contribution in [2.24, 2.45) is 0 Å². The fourth-order valence-electron chi connectivity index (χ4n) is 1.82. The molecule has 0 aliphatic rings. The molecule has 0 fully saturated rings. The van der Waals surface area contributed by atoms with Crippen LogP contribution in [0.2, 0.25) is 0 Å². The summed E-state index contributed by atoms with van der Waals surface area (Å²) in [5, 5.41) is 13.9. The van der Waals surface area contributed by atoms with Crippen LogP contribution in [0.1, 0.15) is 51.9 Å². The fraction of sp³-hybridized carbons (Fsp3) is 0.667. The van der Waals surface area contributed by atoms with E-state index in [0.29, 0.717) is 19.4 Å². The molecule has 0 saturated carbocycles. The molecule has 0 spiro atoms. The average molecular weight is 298 g/mol. The second-order valence-electron chi connectivity index (χ2n) is 4.90. The minimum Gasteiger partial charge on any atom is -0.481 e. The van der Waals surface area contributed by atoms with E-state index < -0.39 is 12.0 Å². The van der Waals surface area contributed by atoms with Gasteiger partial charge in [-0.2, -0.15) is 0 Å². The van der Waals surface area contributed by atoms with Crippen LogP contribution >= 0.6 is 0 Å². The third-order valence-electron chi connectivity index (χ3n) is 3.03. The van der Waals surface area contributed by atoms with Crippen LogP contribution in [0.4, 0.5) is 0 Å². The SMILES string of the molecule is C=CC(=O)NC(CCCC)C(=O)NCCCCCC(=O)O. The van der Waals surface area contributed by atoms with Crippen LogP contribution in [-0.4, -0.2) is 35.5 Å². The van der Waals surface area contributed by atoms with E-state index in [1.807, 2.05) is 6.92 Å². The molecule has 1 atom stereocenters. The Labute approximate surface area is 126 Å². The highest BCUT2D eigenvalue weighted by molar-refractivity contribution is 5.92. The molecule has 0 saturated heterocycles. The first-order valence-corrected chi connectivity index (χ1v) is 7.43. The van der Waals surface area contributed by atoms with Gasteiger partial charge in [0.1, 0.15) is 6.04 Å². The van der Waals surface area contributed by atoms with Crippen molar-refractivity contribution in [3.05, 3.63) is 12.7 Å². The van der Waals surface area contributed by atoms with Gasteiger partial charge in [-0.1, -0.05) is 32.8 Å². The number of hydrogen-bond acceptors (Lipinski definition) is 3. The monoisotopic (exact) mass is 298 g/mol. The Morgan fingerprint density at radius 1 is 1.19 bits per heavy atom. The molecule has 120 valence electrons. The van der Waals surface area contributed by atoms with Gasteiger partial charge in [-0.25, -0.2) is 0 Å². The molecule has 6 nitrogen and oxygen atoms in total. The van der Waals surface area contributed by atoms with Crippen molar-refractivity contribution in [1.29, 1.82) is 0 Å². The molecule has 0 aromatic heterocycles. The van der Waals surface area contributed by atoms with Gasteiger partial charge in [0.05, 0.1) is 0 Å². The zero-order valence-electron chi connectivity index (χ0n) is 12.7. The Bertz CT molecular complexity index is 356. The van der Waals surface area contributed by atoms with Gasteiger partial charge in [0.15, 0.2) is 0 Å². The van der Waals surface area contributed by atoms with Crippen LogP contribution in [0, 0.1) is 0 Å². The fourth-order valence-corrected chi connectivity index (χ4v) is 1.82. The van der Waals surface area contributed by atoms with E-state index in [1.54, 1.807) is 0 Å². The topological polar surface area (TPSA) is 95.5 Å². The lowest BCUT2D eigenvalue weighted by molar-refractivity contribution is -0.137. The number of rotatable bonds is 12. The van der Waals surface area contributed by atoms with Crippen molar-refractivity contribution in [2.45, 2.75) is 57.9 Å². The highest BCUT2D eigenvalue weighted by atomic mass is 16.4. The number of amides is 2. The Morgan fingerprint density at radius 2 is 1.90 bits per heavy atom. The van der Waals surface area contributed by atoms with Gasteiger partial charge >= 0.3 is 5.97 Å². The molecule has 0 bridgehead atoms. The molecule has 0 rings (SSSR count). The van der Waals surface area contributed by atoms with Gasteiger partial charge in [0.2, 0.25) is 11.8 Å². The number of hydrogen-bond donors (Lipinski definition) is 3. The Hall–Kier alpha value is -1.85. The largest absolute Gasteiger partial charge is 0.481 e. The molecule has 0 aliphatic carbocycles. The van der Waals surface area contributed by atoms with Gasteiger partial charge in [-0.3, -0.25) is 14.4 Å². The van der Waals surface area contributed by atoms with E-state index >= 15 is 0 Å². The standard InChI is InChI=1S/C15H26N2O4/c1-3-5-9-12(17-13(18)4-2)15(21)16-11-8-6-7-10-14(19)20/h4,12H,2-3,5-11H2,1H3,(H,16,21)(H,17,18)(H,19,20).